The van der Waals surface area contributed by atoms with Gasteiger partial charge in [-0.1, -0.05) is 6.07 Å². The minimum atomic E-state index is -0.343. The number of amides is 1. The van der Waals surface area contributed by atoms with Gasteiger partial charge in [-0.05, 0) is 26.0 Å². The van der Waals surface area contributed by atoms with Gasteiger partial charge in [-0.15, -0.1) is 0 Å². The molecule has 0 aromatic heterocycles. The number of rotatable bonds is 5. The summed E-state index contributed by atoms with van der Waals surface area (Å²) in [6.07, 6.45) is 0. The average molecular weight is 237 g/mol. The van der Waals surface area contributed by atoms with Gasteiger partial charge in [0.2, 0.25) is 5.91 Å². The van der Waals surface area contributed by atoms with Gasteiger partial charge < -0.3 is 21.1 Å². The number of nitrogens with two attached hydrogens (primary N) is 1. The molecule has 5 nitrogen and oxygen atoms in total. The Hall–Kier alpha value is -1.91. The lowest BCUT2D eigenvalue weighted by atomic mass is 10.2. The maximum atomic E-state index is 11.6. The second kappa shape index (κ2) is 5.98. The number of para-hydroxylation sites is 1. The highest BCUT2D eigenvalue weighted by atomic mass is 16.5. The van der Waals surface area contributed by atoms with E-state index in [0.29, 0.717) is 23.7 Å². The standard InChI is InChI=1S/C12H19N3O2/c1-4-14-12(16)8(2)15-9-6-5-7-10(17-3)11(9)13/h5-8,15H,4,13H2,1-3H3,(H,14,16). The molecule has 1 atom stereocenters. The Morgan fingerprint density at radius 3 is 2.82 bits per heavy atom. The lowest BCUT2D eigenvalue weighted by Crippen LogP contribution is -2.37. The van der Waals surface area contributed by atoms with Crippen LogP contribution in [0.15, 0.2) is 18.2 Å². The predicted molar refractivity (Wildman–Crippen MR) is 69.2 cm³/mol. The van der Waals surface area contributed by atoms with Gasteiger partial charge in [0, 0.05) is 6.54 Å². The van der Waals surface area contributed by atoms with Crippen LogP contribution in [0.3, 0.4) is 0 Å². The summed E-state index contributed by atoms with van der Waals surface area (Å²) in [6.45, 7) is 4.27. The zero-order valence-electron chi connectivity index (χ0n) is 10.4. The third kappa shape index (κ3) is 3.27. The molecule has 17 heavy (non-hydrogen) atoms. The van der Waals surface area contributed by atoms with Gasteiger partial charge in [0.05, 0.1) is 18.5 Å². The highest BCUT2D eigenvalue weighted by molar-refractivity contribution is 5.86. The normalized spacial score (nSPS) is 11.7. The van der Waals surface area contributed by atoms with Crippen LogP contribution in [0.5, 0.6) is 5.75 Å². The lowest BCUT2D eigenvalue weighted by molar-refractivity contribution is -0.121. The van der Waals surface area contributed by atoms with Crippen LogP contribution in [0.25, 0.3) is 0 Å². The van der Waals surface area contributed by atoms with E-state index in [1.165, 1.54) is 0 Å². The van der Waals surface area contributed by atoms with Crippen LogP contribution in [0.4, 0.5) is 11.4 Å². The molecule has 0 spiro atoms. The van der Waals surface area contributed by atoms with E-state index in [1.54, 1.807) is 20.1 Å². The van der Waals surface area contributed by atoms with E-state index in [9.17, 15) is 4.79 Å². The summed E-state index contributed by atoms with van der Waals surface area (Å²) < 4.78 is 5.11. The van der Waals surface area contributed by atoms with Crippen molar-refractivity contribution in [2.75, 3.05) is 24.7 Å². The summed E-state index contributed by atoms with van der Waals surface area (Å²) in [7, 11) is 1.56. The predicted octanol–water partition coefficient (Wildman–Crippen LogP) is 1.21. The van der Waals surface area contributed by atoms with E-state index < -0.39 is 0 Å². The number of methoxy groups -OCH3 is 1. The molecule has 4 N–H and O–H groups in total. The van der Waals surface area contributed by atoms with E-state index in [0.717, 1.165) is 0 Å². The summed E-state index contributed by atoms with van der Waals surface area (Å²) in [5, 5.41) is 5.79. The molecule has 0 bridgehead atoms. The lowest BCUT2D eigenvalue weighted by Gasteiger charge is -2.17. The Bertz CT molecular complexity index is 393. The summed E-state index contributed by atoms with van der Waals surface area (Å²) in [4.78, 5) is 11.6. The van der Waals surface area contributed by atoms with Crippen LogP contribution < -0.4 is 21.1 Å². The van der Waals surface area contributed by atoms with Gasteiger partial charge in [-0.3, -0.25) is 4.79 Å². The number of hydrogen-bond donors (Lipinski definition) is 3. The van der Waals surface area contributed by atoms with Crippen molar-refractivity contribution in [3.05, 3.63) is 18.2 Å². The minimum absolute atomic E-state index is 0.0604. The van der Waals surface area contributed by atoms with Crippen molar-refractivity contribution in [3.63, 3.8) is 0 Å². The van der Waals surface area contributed by atoms with Crippen molar-refractivity contribution in [2.45, 2.75) is 19.9 Å². The minimum Gasteiger partial charge on any atom is -0.495 e. The van der Waals surface area contributed by atoms with Gasteiger partial charge in [0.25, 0.3) is 0 Å². The first kappa shape index (κ1) is 13.2. The number of nitrogen functional groups attached to an aromatic ring is 1. The molecule has 0 radical (unpaired) electrons. The van der Waals surface area contributed by atoms with Crippen molar-refractivity contribution in [3.8, 4) is 5.75 Å². The zero-order chi connectivity index (χ0) is 12.8. The molecule has 0 fully saturated rings. The number of likely N-dealkylation sites (N-methyl/N-ethyl adjacent to an activating group) is 1. The van der Waals surface area contributed by atoms with Crippen LogP contribution in [-0.4, -0.2) is 25.6 Å². The Kier molecular flexibility index (Phi) is 4.63. The Balaban J connectivity index is 2.78. The average Bonchev–Trinajstić information content (AvgIpc) is 2.32. The quantitative estimate of drug-likeness (QED) is 0.673. The summed E-state index contributed by atoms with van der Waals surface area (Å²) >= 11 is 0. The van der Waals surface area contributed by atoms with E-state index in [2.05, 4.69) is 10.6 Å². The monoisotopic (exact) mass is 237 g/mol. The van der Waals surface area contributed by atoms with Crippen molar-refractivity contribution in [1.82, 2.24) is 5.32 Å². The SMILES string of the molecule is CCNC(=O)C(C)Nc1cccc(OC)c1N. The smallest absolute Gasteiger partial charge is 0.242 e. The van der Waals surface area contributed by atoms with Gasteiger partial charge in [0.1, 0.15) is 11.8 Å². The van der Waals surface area contributed by atoms with Crippen LogP contribution >= 0.6 is 0 Å². The molecule has 0 saturated heterocycles. The topological polar surface area (TPSA) is 76.4 Å². The van der Waals surface area contributed by atoms with Crippen LogP contribution in [0, 0.1) is 0 Å². The third-order valence-corrected chi connectivity index (χ3v) is 2.40. The third-order valence-electron chi connectivity index (χ3n) is 2.40. The number of ether oxygens (including phenoxy) is 1. The number of nitrogens with one attached hydrogen (secondary N) is 2. The summed E-state index contributed by atoms with van der Waals surface area (Å²) in [5.74, 6) is 0.535. The van der Waals surface area contributed by atoms with E-state index in [4.69, 9.17) is 10.5 Å². The fourth-order valence-corrected chi connectivity index (χ4v) is 1.47. The number of hydrogen-bond acceptors (Lipinski definition) is 4. The Morgan fingerprint density at radius 2 is 2.24 bits per heavy atom. The first-order valence-corrected chi connectivity index (χ1v) is 5.56. The molecule has 5 heteroatoms. The van der Waals surface area contributed by atoms with Crippen LogP contribution in [0.2, 0.25) is 0 Å². The zero-order valence-corrected chi connectivity index (χ0v) is 10.4. The molecule has 0 aliphatic carbocycles. The molecule has 0 aliphatic heterocycles. The van der Waals surface area contributed by atoms with Crippen molar-refractivity contribution in [2.24, 2.45) is 0 Å². The van der Waals surface area contributed by atoms with Gasteiger partial charge in [-0.2, -0.15) is 0 Å². The summed E-state index contributed by atoms with van der Waals surface area (Å²) in [5.41, 5.74) is 7.10. The number of carbonyl (C=O) groups excluding carboxylic acids is 1. The highest BCUT2D eigenvalue weighted by Crippen LogP contribution is 2.29. The molecule has 0 heterocycles. The second-order valence-corrected chi connectivity index (χ2v) is 3.68. The Labute approximate surface area is 101 Å². The maximum absolute atomic E-state index is 11.6. The molecular weight excluding hydrogens is 218 g/mol. The molecule has 1 aromatic rings. The van der Waals surface area contributed by atoms with Crippen molar-refractivity contribution in [1.29, 1.82) is 0 Å². The number of anilines is 2. The van der Waals surface area contributed by atoms with Gasteiger partial charge in [0.15, 0.2) is 0 Å². The number of benzene rings is 1. The second-order valence-electron chi connectivity index (χ2n) is 3.68. The maximum Gasteiger partial charge on any atom is 0.242 e. The molecule has 0 aliphatic rings. The fraction of sp³-hybridized carbons (Fsp3) is 0.417. The van der Waals surface area contributed by atoms with E-state index in [-0.39, 0.29) is 11.9 Å². The fourth-order valence-electron chi connectivity index (χ4n) is 1.47. The van der Waals surface area contributed by atoms with Crippen LogP contribution in [0.1, 0.15) is 13.8 Å². The Morgan fingerprint density at radius 1 is 1.53 bits per heavy atom. The first-order chi connectivity index (χ1) is 8.10. The summed E-state index contributed by atoms with van der Waals surface area (Å²) in [6, 6.07) is 5.07. The molecule has 0 saturated carbocycles. The molecule has 1 amide bonds. The van der Waals surface area contributed by atoms with Crippen molar-refractivity contribution >= 4 is 17.3 Å². The van der Waals surface area contributed by atoms with E-state index >= 15 is 0 Å². The number of carbonyl (C=O) groups is 1. The molecular formula is C12H19N3O2. The van der Waals surface area contributed by atoms with E-state index in [1.807, 2.05) is 19.1 Å². The van der Waals surface area contributed by atoms with Gasteiger partial charge in [-0.25, -0.2) is 0 Å². The van der Waals surface area contributed by atoms with Crippen LogP contribution in [-0.2, 0) is 4.79 Å². The van der Waals surface area contributed by atoms with Crippen molar-refractivity contribution < 1.29 is 9.53 Å². The molecule has 94 valence electrons. The largest absolute Gasteiger partial charge is 0.495 e. The molecule has 1 rings (SSSR count). The molecule has 1 aromatic carbocycles. The highest BCUT2D eigenvalue weighted by Gasteiger charge is 2.13. The first-order valence-electron chi connectivity index (χ1n) is 5.56. The van der Waals surface area contributed by atoms with Gasteiger partial charge >= 0.3 is 0 Å². The molecule has 1 unspecified atom stereocenters.